The van der Waals surface area contributed by atoms with Crippen LogP contribution in [0, 0.1) is 0 Å². The highest BCUT2D eigenvalue weighted by Gasteiger charge is 2.03. The Bertz CT molecular complexity index is 508. The molecule has 1 heterocycles. The quantitative estimate of drug-likeness (QED) is 0.839. The van der Waals surface area contributed by atoms with Crippen molar-refractivity contribution in [1.29, 1.82) is 0 Å². The van der Waals surface area contributed by atoms with Gasteiger partial charge in [0, 0.05) is 44.5 Å². The highest BCUT2D eigenvalue weighted by molar-refractivity contribution is 5.94. The van der Waals surface area contributed by atoms with Gasteiger partial charge >= 0.3 is 0 Å². The first-order chi connectivity index (χ1) is 8.22. The Morgan fingerprint density at radius 2 is 2.12 bits per heavy atom. The second-order valence-electron chi connectivity index (χ2n) is 4.17. The van der Waals surface area contributed by atoms with Crippen LogP contribution < -0.4 is 16.0 Å². The largest absolute Gasteiger partial charge is 0.378 e. The first kappa shape index (κ1) is 11.7. The number of anilines is 2. The van der Waals surface area contributed by atoms with Gasteiger partial charge in [0.25, 0.3) is 0 Å². The van der Waals surface area contributed by atoms with Gasteiger partial charge in [-0.05, 0) is 23.6 Å². The molecule has 0 bridgehead atoms. The number of aromatic nitrogens is 1. The zero-order valence-electron chi connectivity index (χ0n) is 10.3. The molecule has 0 aliphatic heterocycles. The minimum atomic E-state index is 0.603. The molecule has 0 unspecified atom stereocenters. The molecular formula is C13H18N4. The average molecular weight is 230 g/mol. The van der Waals surface area contributed by atoms with E-state index in [4.69, 9.17) is 5.73 Å². The SMILES string of the molecule is CN(C)c1ccc2ccnc(NCCN)c2c1. The molecule has 0 saturated heterocycles. The van der Waals surface area contributed by atoms with Gasteiger partial charge in [-0.3, -0.25) is 0 Å². The first-order valence-corrected chi connectivity index (χ1v) is 5.72. The molecule has 1 aromatic carbocycles. The van der Waals surface area contributed by atoms with Crippen LogP contribution >= 0.6 is 0 Å². The van der Waals surface area contributed by atoms with Gasteiger partial charge in [0.2, 0.25) is 0 Å². The second-order valence-corrected chi connectivity index (χ2v) is 4.17. The van der Waals surface area contributed by atoms with Crippen LogP contribution in [-0.4, -0.2) is 32.2 Å². The summed E-state index contributed by atoms with van der Waals surface area (Å²) in [5.41, 5.74) is 6.67. The van der Waals surface area contributed by atoms with Crippen LogP contribution in [-0.2, 0) is 0 Å². The van der Waals surface area contributed by atoms with Crippen molar-refractivity contribution in [2.45, 2.75) is 0 Å². The lowest BCUT2D eigenvalue weighted by Crippen LogP contribution is -2.14. The molecule has 0 saturated carbocycles. The normalized spacial score (nSPS) is 10.5. The van der Waals surface area contributed by atoms with Crippen molar-refractivity contribution in [3.63, 3.8) is 0 Å². The summed E-state index contributed by atoms with van der Waals surface area (Å²) in [4.78, 5) is 6.44. The number of nitrogens with two attached hydrogens (primary N) is 1. The fraction of sp³-hybridized carbons (Fsp3) is 0.308. The molecule has 0 aliphatic carbocycles. The van der Waals surface area contributed by atoms with Crippen LogP contribution in [0.2, 0.25) is 0 Å². The van der Waals surface area contributed by atoms with Crippen molar-refractivity contribution >= 4 is 22.3 Å². The monoisotopic (exact) mass is 230 g/mol. The molecule has 2 rings (SSSR count). The van der Waals surface area contributed by atoms with E-state index in [0.29, 0.717) is 6.54 Å². The minimum Gasteiger partial charge on any atom is -0.378 e. The van der Waals surface area contributed by atoms with Crippen molar-refractivity contribution in [1.82, 2.24) is 4.98 Å². The Hall–Kier alpha value is -1.81. The Balaban J connectivity index is 2.48. The molecule has 4 heteroatoms. The summed E-state index contributed by atoms with van der Waals surface area (Å²) in [6.45, 7) is 1.34. The summed E-state index contributed by atoms with van der Waals surface area (Å²) in [5.74, 6) is 0.900. The zero-order chi connectivity index (χ0) is 12.3. The third-order valence-corrected chi connectivity index (χ3v) is 2.70. The highest BCUT2D eigenvalue weighted by atomic mass is 15.1. The van der Waals surface area contributed by atoms with E-state index < -0.39 is 0 Å². The Morgan fingerprint density at radius 3 is 2.82 bits per heavy atom. The molecular weight excluding hydrogens is 212 g/mol. The summed E-state index contributed by atoms with van der Waals surface area (Å²) in [6, 6.07) is 8.37. The summed E-state index contributed by atoms with van der Waals surface area (Å²) in [6.07, 6.45) is 1.82. The summed E-state index contributed by atoms with van der Waals surface area (Å²) in [5, 5.41) is 5.57. The van der Waals surface area contributed by atoms with Crippen molar-refractivity contribution in [2.75, 3.05) is 37.4 Å². The molecule has 0 radical (unpaired) electrons. The number of pyridine rings is 1. The number of rotatable bonds is 4. The van der Waals surface area contributed by atoms with Crippen molar-refractivity contribution in [2.24, 2.45) is 5.73 Å². The molecule has 1 aromatic heterocycles. The molecule has 0 aliphatic rings. The van der Waals surface area contributed by atoms with Gasteiger partial charge in [0.15, 0.2) is 0 Å². The maximum atomic E-state index is 5.50. The van der Waals surface area contributed by atoms with E-state index >= 15 is 0 Å². The predicted molar refractivity (Wildman–Crippen MR) is 73.6 cm³/mol. The molecule has 0 spiro atoms. The molecule has 0 fully saturated rings. The fourth-order valence-corrected chi connectivity index (χ4v) is 1.77. The maximum absolute atomic E-state index is 5.50. The molecule has 2 aromatic rings. The smallest absolute Gasteiger partial charge is 0.133 e. The van der Waals surface area contributed by atoms with E-state index in [1.807, 2.05) is 26.4 Å². The van der Waals surface area contributed by atoms with Crippen molar-refractivity contribution in [3.8, 4) is 0 Å². The van der Waals surface area contributed by atoms with Gasteiger partial charge in [-0.2, -0.15) is 0 Å². The number of hydrogen-bond acceptors (Lipinski definition) is 4. The Labute approximate surface area is 101 Å². The van der Waals surface area contributed by atoms with Gasteiger partial charge in [0.05, 0.1) is 0 Å². The van der Waals surface area contributed by atoms with E-state index in [1.54, 1.807) is 0 Å². The zero-order valence-corrected chi connectivity index (χ0v) is 10.3. The van der Waals surface area contributed by atoms with E-state index in [-0.39, 0.29) is 0 Å². The van der Waals surface area contributed by atoms with Crippen LogP contribution in [0.3, 0.4) is 0 Å². The molecule has 17 heavy (non-hydrogen) atoms. The molecule has 0 atom stereocenters. The van der Waals surface area contributed by atoms with Crippen LogP contribution in [0.15, 0.2) is 30.5 Å². The van der Waals surface area contributed by atoms with Gasteiger partial charge in [-0.1, -0.05) is 6.07 Å². The first-order valence-electron chi connectivity index (χ1n) is 5.72. The predicted octanol–water partition coefficient (Wildman–Crippen LogP) is 1.67. The lowest BCUT2D eigenvalue weighted by molar-refractivity contribution is 1.01. The molecule has 4 nitrogen and oxygen atoms in total. The van der Waals surface area contributed by atoms with Gasteiger partial charge in [-0.15, -0.1) is 0 Å². The fourth-order valence-electron chi connectivity index (χ4n) is 1.77. The number of nitrogens with one attached hydrogen (secondary N) is 1. The highest BCUT2D eigenvalue weighted by Crippen LogP contribution is 2.25. The minimum absolute atomic E-state index is 0.603. The molecule has 90 valence electrons. The van der Waals surface area contributed by atoms with Crippen LogP contribution in [0.25, 0.3) is 10.8 Å². The van der Waals surface area contributed by atoms with Crippen LogP contribution in [0.1, 0.15) is 0 Å². The molecule has 0 amide bonds. The maximum Gasteiger partial charge on any atom is 0.133 e. The van der Waals surface area contributed by atoms with Crippen molar-refractivity contribution in [3.05, 3.63) is 30.5 Å². The lowest BCUT2D eigenvalue weighted by Gasteiger charge is -2.14. The molecule has 3 N–H and O–H groups in total. The topological polar surface area (TPSA) is 54.2 Å². The average Bonchev–Trinajstić information content (AvgIpc) is 2.35. The second kappa shape index (κ2) is 5.01. The third kappa shape index (κ3) is 2.47. The Morgan fingerprint density at radius 1 is 1.29 bits per heavy atom. The third-order valence-electron chi connectivity index (χ3n) is 2.70. The standard InChI is InChI=1S/C13H18N4/c1-17(2)11-4-3-10-5-7-15-13(12(10)9-11)16-8-6-14/h3-5,7,9H,6,8,14H2,1-2H3,(H,15,16). The number of hydrogen-bond donors (Lipinski definition) is 2. The van der Waals surface area contributed by atoms with Gasteiger partial charge in [-0.25, -0.2) is 4.98 Å². The lowest BCUT2D eigenvalue weighted by atomic mass is 10.1. The summed E-state index contributed by atoms with van der Waals surface area (Å²) in [7, 11) is 4.06. The number of benzene rings is 1. The van der Waals surface area contributed by atoms with E-state index in [9.17, 15) is 0 Å². The van der Waals surface area contributed by atoms with Gasteiger partial charge < -0.3 is 16.0 Å². The number of nitrogens with zero attached hydrogens (tertiary/aromatic N) is 2. The van der Waals surface area contributed by atoms with Crippen LogP contribution in [0.5, 0.6) is 0 Å². The van der Waals surface area contributed by atoms with E-state index in [0.717, 1.165) is 17.7 Å². The number of fused-ring (bicyclic) bond motifs is 1. The van der Waals surface area contributed by atoms with Gasteiger partial charge in [0.1, 0.15) is 5.82 Å². The van der Waals surface area contributed by atoms with Crippen LogP contribution in [0.4, 0.5) is 11.5 Å². The van der Waals surface area contributed by atoms with E-state index in [1.165, 1.54) is 11.1 Å². The summed E-state index contributed by atoms with van der Waals surface area (Å²) >= 11 is 0. The Kier molecular flexibility index (Phi) is 3.44. The van der Waals surface area contributed by atoms with E-state index in [2.05, 4.69) is 33.4 Å². The summed E-state index contributed by atoms with van der Waals surface area (Å²) < 4.78 is 0. The van der Waals surface area contributed by atoms with Crippen molar-refractivity contribution < 1.29 is 0 Å².